The molecule has 0 bridgehead atoms. The third kappa shape index (κ3) is 3.26. The molecule has 1 fully saturated rings. The summed E-state index contributed by atoms with van der Waals surface area (Å²) < 4.78 is 19.0. The number of methoxy groups -OCH3 is 1. The van der Waals surface area contributed by atoms with Crippen LogP contribution in [0.4, 0.5) is 15.8 Å². The molecule has 1 atom stereocenters. The Morgan fingerprint density at radius 2 is 2.14 bits per heavy atom. The van der Waals surface area contributed by atoms with Crippen LogP contribution >= 0.6 is 0 Å². The van der Waals surface area contributed by atoms with Gasteiger partial charge in [0.1, 0.15) is 5.82 Å². The summed E-state index contributed by atoms with van der Waals surface area (Å²) in [7, 11) is 3.34. The molecule has 6 heteroatoms. The summed E-state index contributed by atoms with van der Waals surface area (Å²) in [5, 5.41) is 0. The van der Waals surface area contributed by atoms with E-state index in [4.69, 9.17) is 10.5 Å². The molecule has 0 aliphatic carbocycles. The number of benzene rings is 1. The van der Waals surface area contributed by atoms with E-state index < -0.39 is 11.8 Å². The Labute approximate surface area is 124 Å². The summed E-state index contributed by atoms with van der Waals surface area (Å²) in [6, 6.07) is 2.85. The second-order valence-electron chi connectivity index (χ2n) is 5.54. The third-order valence-electron chi connectivity index (χ3n) is 3.88. The lowest BCUT2D eigenvalue weighted by molar-refractivity contribution is 0.0602. The van der Waals surface area contributed by atoms with Gasteiger partial charge < -0.3 is 20.3 Å². The first kappa shape index (κ1) is 15.6. The maximum Gasteiger partial charge on any atom is 0.340 e. The number of carbonyl (C=O) groups excluding carboxylic acids is 1. The van der Waals surface area contributed by atoms with Gasteiger partial charge in [0.25, 0.3) is 0 Å². The Morgan fingerprint density at radius 3 is 2.81 bits per heavy atom. The number of rotatable bonds is 2. The van der Waals surface area contributed by atoms with Gasteiger partial charge in [-0.3, -0.25) is 0 Å². The van der Waals surface area contributed by atoms with Crippen molar-refractivity contribution in [1.29, 1.82) is 0 Å². The predicted octanol–water partition coefficient (Wildman–Crippen LogP) is 1.72. The third-order valence-corrected chi connectivity index (χ3v) is 3.88. The zero-order valence-corrected chi connectivity index (χ0v) is 12.7. The summed E-state index contributed by atoms with van der Waals surface area (Å²) in [4.78, 5) is 15.9. The summed E-state index contributed by atoms with van der Waals surface area (Å²) >= 11 is 0. The van der Waals surface area contributed by atoms with E-state index >= 15 is 0 Å². The fourth-order valence-corrected chi connectivity index (χ4v) is 2.81. The van der Waals surface area contributed by atoms with E-state index in [1.54, 1.807) is 0 Å². The number of ether oxygens (including phenoxy) is 1. The van der Waals surface area contributed by atoms with Crippen molar-refractivity contribution < 1.29 is 13.9 Å². The number of nitrogen functional groups attached to an aromatic ring is 1. The average molecular weight is 295 g/mol. The van der Waals surface area contributed by atoms with Gasteiger partial charge in [-0.25, -0.2) is 9.18 Å². The van der Waals surface area contributed by atoms with Gasteiger partial charge in [0.15, 0.2) is 0 Å². The topological polar surface area (TPSA) is 58.8 Å². The SMILES string of the molecule is COC(=O)c1cc(N2CCCN(C)CC2C)c(F)cc1N. The van der Waals surface area contributed by atoms with Gasteiger partial charge in [0, 0.05) is 24.8 Å². The van der Waals surface area contributed by atoms with Crippen LogP contribution in [0.1, 0.15) is 23.7 Å². The molecular weight excluding hydrogens is 273 g/mol. The van der Waals surface area contributed by atoms with Gasteiger partial charge in [0.2, 0.25) is 0 Å². The van der Waals surface area contributed by atoms with Crippen molar-refractivity contribution in [1.82, 2.24) is 4.90 Å². The summed E-state index contributed by atoms with van der Waals surface area (Å²) in [6.45, 7) is 4.61. The molecule has 0 radical (unpaired) electrons. The van der Waals surface area contributed by atoms with Crippen LogP contribution in [-0.4, -0.2) is 50.7 Å². The quantitative estimate of drug-likeness (QED) is 0.665. The summed E-state index contributed by atoms with van der Waals surface area (Å²) in [6.07, 6.45) is 0.943. The normalized spacial score (nSPS) is 20.2. The molecule has 2 rings (SSSR count). The van der Waals surface area contributed by atoms with Crippen LogP contribution in [0.5, 0.6) is 0 Å². The molecule has 1 aliphatic rings. The monoisotopic (exact) mass is 295 g/mol. The van der Waals surface area contributed by atoms with E-state index in [0.717, 1.165) is 26.1 Å². The van der Waals surface area contributed by atoms with Crippen LogP contribution in [0.15, 0.2) is 12.1 Å². The second kappa shape index (κ2) is 6.30. The average Bonchev–Trinajstić information content (AvgIpc) is 2.59. The number of halogens is 1. The molecule has 1 aromatic rings. The molecule has 1 aromatic carbocycles. The Hall–Kier alpha value is -1.82. The Bertz CT molecular complexity index is 536. The van der Waals surface area contributed by atoms with Crippen molar-refractivity contribution in [2.75, 3.05) is 44.4 Å². The highest BCUT2D eigenvalue weighted by Crippen LogP contribution is 2.28. The maximum absolute atomic E-state index is 14.3. The van der Waals surface area contributed by atoms with Crippen molar-refractivity contribution >= 4 is 17.3 Å². The van der Waals surface area contributed by atoms with E-state index in [1.165, 1.54) is 19.2 Å². The van der Waals surface area contributed by atoms with E-state index in [0.29, 0.717) is 5.69 Å². The van der Waals surface area contributed by atoms with Crippen molar-refractivity contribution in [3.63, 3.8) is 0 Å². The predicted molar refractivity (Wildman–Crippen MR) is 81.1 cm³/mol. The minimum Gasteiger partial charge on any atom is -0.465 e. The molecule has 0 amide bonds. The van der Waals surface area contributed by atoms with Gasteiger partial charge in [-0.2, -0.15) is 0 Å². The first-order valence-corrected chi connectivity index (χ1v) is 7.06. The first-order valence-electron chi connectivity index (χ1n) is 7.06. The van der Waals surface area contributed by atoms with E-state index in [1.807, 2.05) is 4.90 Å². The zero-order chi connectivity index (χ0) is 15.6. The van der Waals surface area contributed by atoms with Gasteiger partial charge in [-0.15, -0.1) is 0 Å². The molecule has 116 valence electrons. The molecular formula is C15H22FN3O2. The van der Waals surface area contributed by atoms with E-state index in [2.05, 4.69) is 18.9 Å². The number of nitrogens with zero attached hydrogens (tertiary/aromatic N) is 2. The number of nitrogens with two attached hydrogens (primary N) is 1. The number of carbonyl (C=O) groups is 1. The molecule has 2 N–H and O–H groups in total. The fourth-order valence-electron chi connectivity index (χ4n) is 2.81. The van der Waals surface area contributed by atoms with Crippen molar-refractivity contribution in [2.24, 2.45) is 0 Å². The Kier molecular flexibility index (Phi) is 4.67. The first-order chi connectivity index (χ1) is 9.93. The highest BCUT2D eigenvalue weighted by molar-refractivity contribution is 5.96. The van der Waals surface area contributed by atoms with Crippen molar-refractivity contribution in [3.05, 3.63) is 23.5 Å². The number of likely N-dealkylation sites (N-methyl/N-ethyl adjacent to an activating group) is 1. The molecule has 0 spiro atoms. The largest absolute Gasteiger partial charge is 0.465 e. The summed E-state index contributed by atoms with van der Waals surface area (Å²) in [5.41, 5.74) is 6.43. The Balaban J connectivity index is 2.40. The minimum absolute atomic E-state index is 0.0997. The number of hydrogen-bond donors (Lipinski definition) is 1. The van der Waals surface area contributed by atoms with Gasteiger partial charge in [-0.05, 0) is 39.1 Å². The van der Waals surface area contributed by atoms with E-state index in [-0.39, 0.29) is 17.3 Å². The number of anilines is 2. The Morgan fingerprint density at radius 1 is 1.43 bits per heavy atom. The summed E-state index contributed by atoms with van der Waals surface area (Å²) in [5.74, 6) is -0.954. The highest BCUT2D eigenvalue weighted by atomic mass is 19.1. The second-order valence-corrected chi connectivity index (χ2v) is 5.54. The lowest BCUT2D eigenvalue weighted by Crippen LogP contribution is -2.38. The smallest absolute Gasteiger partial charge is 0.340 e. The van der Waals surface area contributed by atoms with Crippen molar-refractivity contribution in [3.8, 4) is 0 Å². The molecule has 5 nitrogen and oxygen atoms in total. The zero-order valence-electron chi connectivity index (χ0n) is 12.7. The molecule has 0 saturated carbocycles. The highest BCUT2D eigenvalue weighted by Gasteiger charge is 2.24. The van der Waals surface area contributed by atoms with E-state index in [9.17, 15) is 9.18 Å². The maximum atomic E-state index is 14.3. The molecule has 1 aliphatic heterocycles. The molecule has 1 saturated heterocycles. The molecule has 1 heterocycles. The minimum atomic E-state index is -0.548. The van der Waals surface area contributed by atoms with Crippen LogP contribution in [-0.2, 0) is 4.74 Å². The van der Waals surface area contributed by atoms with Crippen LogP contribution in [0.25, 0.3) is 0 Å². The fraction of sp³-hybridized carbons (Fsp3) is 0.533. The van der Waals surface area contributed by atoms with Crippen LogP contribution < -0.4 is 10.6 Å². The van der Waals surface area contributed by atoms with Gasteiger partial charge >= 0.3 is 5.97 Å². The lowest BCUT2D eigenvalue weighted by Gasteiger charge is -2.30. The molecule has 21 heavy (non-hydrogen) atoms. The standard InChI is InChI=1S/C15H22FN3O2/c1-10-9-18(2)5-4-6-19(10)14-7-11(15(20)21-3)13(17)8-12(14)16/h7-8,10H,4-6,9,17H2,1-3H3. The van der Waals surface area contributed by atoms with Crippen LogP contribution in [0, 0.1) is 5.82 Å². The number of esters is 1. The van der Waals surface area contributed by atoms with Crippen LogP contribution in [0.2, 0.25) is 0 Å². The lowest BCUT2D eigenvalue weighted by atomic mass is 10.1. The molecule has 0 aromatic heterocycles. The van der Waals surface area contributed by atoms with Crippen molar-refractivity contribution in [2.45, 2.75) is 19.4 Å². The van der Waals surface area contributed by atoms with Gasteiger partial charge in [-0.1, -0.05) is 0 Å². The number of hydrogen-bond acceptors (Lipinski definition) is 5. The van der Waals surface area contributed by atoms with Gasteiger partial charge in [0.05, 0.1) is 18.4 Å². The molecule has 1 unspecified atom stereocenters. The van der Waals surface area contributed by atoms with Crippen LogP contribution in [0.3, 0.4) is 0 Å².